The number of halogens is 1. The summed E-state index contributed by atoms with van der Waals surface area (Å²) in [6.45, 7) is 2.24. The van der Waals surface area contributed by atoms with Crippen molar-refractivity contribution in [3.63, 3.8) is 0 Å². The number of hydrogen-bond acceptors (Lipinski definition) is 5. The zero-order valence-electron chi connectivity index (χ0n) is 13.0. The van der Waals surface area contributed by atoms with Gasteiger partial charge in [0.05, 0.1) is 11.6 Å². The van der Waals surface area contributed by atoms with Crippen molar-refractivity contribution < 1.29 is 12.8 Å². The first-order valence-electron chi connectivity index (χ1n) is 7.26. The second-order valence-electron chi connectivity index (χ2n) is 5.11. The molecule has 1 heterocycles. The Morgan fingerprint density at radius 1 is 1.33 bits per heavy atom. The molecule has 2 N–H and O–H groups in total. The second kappa shape index (κ2) is 7.97. The molecule has 0 fully saturated rings. The Labute approximate surface area is 140 Å². The van der Waals surface area contributed by atoms with Crippen LogP contribution in [0.5, 0.6) is 0 Å². The summed E-state index contributed by atoms with van der Waals surface area (Å²) >= 11 is 0. The maximum Gasteiger partial charge on any atom is 0.242 e. The van der Waals surface area contributed by atoms with E-state index in [1.54, 1.807) is 25.1 Å². The van der Waals surface area contributed by atoms with Gasteiger partial charge < -0.3 is 5.32 Å². The van der Waals surface area contributed by atoms with Crippen LogP contribution in [0, 0.1) is 17.1 Å². The van der Waals surface area contributed by atoms with E-state index in [1.165, 1.54) is 24.5 Å². The van der Waals surface area contributed by atoms with E-state index in [9.17, 15) is 12.8 Å². The predicted octanol–water partition coefficient (Wildman–Crippen LogP) is 1.72. The highest BCUT2D eigenvalue weighted by atomic mass is 32.2. The monoisotopic (exact) mass is 348 g/mol. The maximum atomic E-state index is 13.9. The summed E-state index contributed by atoms with van der Waals surface area (Å²) in [5.74, 6) is -0.468. The fourth-order valence-electron chi connectivity index (χ4n) is 2.12. The van der Waals surface area contributed by atoms with Crippen LogP contribution >= 0.6 is 0 Å². The van der Waals surface area contributed by atoms with Crippen LogP contribution in [0.2, 0.25) is 0 Å². The Kier molecular flexibility index (Phi) is 5.98. The third-order valence-electron chi connectivity index (χ3n) is 3.41. The smallest absolute Gasteiger partial charge is 0.242 e. The second-order valence-corrected chi connectivity index (χ2v) is 6.88. The van der Waals surface area contributed by atoms with E-state index in [0.29, 0.717) is 12.1 Å². The molecular weight excluding hydrogens is 331 g/mol. The molecule has 2 aromatic rings. The molecular formula is C16H17FN4O2S. The maximum absolute atomic E-state index is 13.9. The summed E-state index contributed by atoms with van der Waals surface area (Å²) in [4.78, 5) is 3.87. The van der Waals surface area contributed by atoms with Crippen molar-refractivity contribution in [2.45, 2.75) is 17.9 Å². The average Bonchev–Trinajstić information content (AvgIpc) is 2.59. The zero-order valence-corrected chi connectivity index (χ0v) is 13.8. The molecule has 2 rings (SSSR count). The number of aromatic nitrogens is 1. The lowest BCUT2D eigenvalue weighted by molar-refractivity contribution is 0.524. The quantitative estimate of drug-likeness (QED) is 0.743. The molecule has 1 atom stereocenters. The van der Waals surface area contributed by atoms with E-state index in [2.05, 4.69) is 15.0 Å². The van der Waals surface area contributed by atoms with Crippen molar-refractivity contribution in [2.24, 2.45) is 0 Å². The Morgan fingerprint density at radius 2 is 2.12 bits per heavy atom. The Balaban J connectivity index is 1.87. The van der Waals surface area contributed by atoms with Gasteiger partial charge in [-0.1, -0.05) is 6.07 Å². The molecule has 0 radical (unpaired) electrons. The molecule has 0 aliphatic heterocycles. The first kappa shape index (κ1) is 18.0. The predicted molar refractivity (Wildman–Crippen MR) is 87.0 cm³/mol. The van der Waals surface area contributed by atoms with Gasteiger partial charge >= 0.3 is 0 Å². The molecule has 1 unspecified atom stereocenters. The molecule has 0 aliphatic rings. The van der Waals surface area contributed by atoms with Crippen LogP contribution in [0.3, 0.4) is 0 Å². The van der Waals surface area contributed by atoms with E-state index >= 15 is 0 Å². The molecule has 8 heteroatoms. The van der Waals surface area contributed by atoms with Crippen LogP contribution in [-0.2, 0) is 10.0 Å². The topological polar surface area (TPSA) is 94.9 Å². The fourth-order valence-corrected chi connectivity index (χ4v) is 3.12. The van der Waals surface area contributed by atoms with Crippen molar-refractivity contribution >= 4 is 10.0 Å². The molecule has 1 aromatic carbocycles. The van der Waals surface area contributed by atoms with E-state index in [-0.39, 0.29) is 23.0 Å². The van der Waals surface area contributed by atoms with E-state index in [0.717, 1.165) is 0 Å². The van der Waals surface area contributed by atoms with Gasteiger partial charge in [0.2, 0.25) is 10.0 Å². The zero-order chi connectivity index (χ0) is 17.6. The molecule has 24 heavy (non-hydrogen) atoms. The van der Waals surface area contributed by atoms with Crippen molar-refractivity contribution in [3.05, 3.63) is 59.7 Å². The van der Waals surface area contributed by atoms with Gasteiger partial charge in [0.15, 0.2) is 0 Å². The SMILES string of the molecule is CC(NCCNS(=O)(=O)c1cccnc1)c1ccc(C#N)cc1F. The Morgan fingerprint density at radius 3 is 2.75 bits per heavy atom. The lowest BCUT2D eigenvalue weighted by atomic mass is 10.1. The number of benzene rings is 1. The number of nitrogens with zero attached hydrogens (tertiary/aromatic N) is 2. The lowest BCUT2D eigenvalue weighted by Crippen LogP contribution is -2.33. The summed E-state index contributed by atoms with van der Waals surface area (Å²) in [5, 5.41) is 11.8. The van der Waals surface area contributed by atoms with Gasteiger partial charge in [-0.05, 0) is 31.2 Å². The number of sulfonamides is 1. The third kappa shape index (κ3) is 4.58. The van der Waals surface area contributed by atoms with Gasteiger partial charge in [0, 0.05) is 37.1 Å². The van der Waals surface area contributed by atoms with Crippen LogP contribution in [0.15, 0.2) is 47.6 Å². The summed E-state index contributed by atoms with van der Waals surface area (Å²) in [6.07, 6.45) is 2.76. The number of nitrogens with one attached hydrogen (secondary N) is 2. The molecule has 0 saturated carbocycles. The molecule has 0 saturated heterocycles. The number of rotatable bonds is 7. The van der Waals surface area contributed by atoms with Gasteiger partial charge in [0.25, 0.3) is 0 Å². The Hall–Kier alpha value is -2.34. The molecule has 126 valence electrons. The highest BCUT2D eigenvalue weighted by Crippen LogP contribution is 2.17. The minimum atomic E-state index is -3.60. The molecule has 0 aliphatic carbocycles. The van der Waals surface area contributed by atoms with Gasteiger partial charge in [-0.15, -0.1) is 0 Å². The summed E-state index contributed by atoms with van der Waals surface area (Å²) in [7, 11) is -3.60. The van der Waals surface area contributed by atoms with Crippen LogP contribution in [-0.4, -0.2) is 26.5 Å². The van der Waals surface area contributed by atoms with E-state index < -0.39 is 15.8 Å². The van der Waals surface area contributed by atoms with Crippen LogP contribution in [0.1, 0.15) is 24.1 Å². The fraction of sp³-hybridized carbons (Fsp3) is 0.250. The summed E-state index contributed by atoms with van der Waals surface area (Å²) < 4.78 is 40.3. The normalized spacial score (nSPS) is 12.5. The van der Waals surface area contributed by atoms with Gasteiger partial charge in [-0.2, -0.15) is 5.26 Å². The van der Waals surface area contributed by atoms with Crippen molar-refractivity contribution in [1.82, 2.24) is 15.0 Å². The number of hydrogen-bond donors (Lipinski definition) is 2. The first-order valence-corrected chi connectivity index (χ1v) is 8.75. The van der Waals surface area contributed by atoms with Gasteiger partial charge in [0.1, 0.15) is 10.7 Å². The highest BCUT2D eigenvalue weighted by Gasteiger charge is 2.14. The molecule has 1 aromatic heterocycles. The Bertz CT molecular complexity index is 835. The first-order chi connectivity index (χ1) is 11.4. The van der Waals surface area contributed by atoms with Crippen LogP contribution in [0.4, 0.5) is 4.39 Å². The van der Waals surface area contributed by atoms with Crippen LogP contribution in [0.25, 0.3) is 0 Å². The number of pyridine rings is 1. The third-order valence-corrected chi connectivity index (χ3v) is 4.85. The van der Waals surface area contributed by atoms with Crippen molar-refractivity contribution in [3.8, 4) is 6.07 Å². The van der Waals surface area contributed by atoms with Crippen molar-refractivity contribution in [2.75, 3.05) is 13.1 Å². The summed E-state index contributed by atoms with van der Waals surface area (Å²) in [5.41, 5.74) is 0.678. The van der Waals surface area contributed by atoms with Gasteiger partial charge in [-0.25, -0.2) is 17.5 Å². The molecule has 0 spiro atoms. The average molecular weight is 348 g/mol. The van der Waals surface area contributed by atoms with E-state index in [4.69, 9.17) is 5.26 Å². The van der Waals surface area contributed by atoms with Crippen LogP contribution < -0.4 is 10.0 Å². The minimum Gasteiger partial charge on any atom is -0.309 e. The molecule has 6 nitrogen and oxygen atoms in total. The molecule has 0 bridgehead atoms. The highest BCUT2D eigenvalue weighted by molar-refractivity contribution is 7.89. The standard InChI is InChI=1S/C16H17FN4O2S/c1-12(15-5-4-13(10-18)9-16(15)17)20-7-8-21-24(22,23)14-3-2-6-19-11-14/h2-6,9,11-12,20-21H,7-8H2,1H3. The molecule has 0 amide bonds. The van der Waals surface area contributed by atoms with E-state index in [1.807, 2.05) is 6.07 Å². The van der Waals surface area contributed by atoms with Gasteiger partial charge in [-0.3, -0.25) is 4.98 Å². The number of nitriles is 1. The van der Waals surface area contributed by atoms with Crippen molar-refractivity contribution in [1.29, 1.82) is 5.26 Å². The largest absolute Gasteiger partial charge is 0.309 e. The lowest BCUT2D eigenvalue weighted by Gasteiger charge is -2.15. The minimum absolute atomic E-state index is 0.0937. The summed E-state index contributed by atoms with van der Waals surface area (Å²) in [6, 6.07) is 8.83.